The number of Topliss-reactive ketones (excluding diaryl/α,β-unsaturated/α-hetero) is 1. The van der Waals surface area contributed by atoms with Gasteiger partial charge in [-0.15, -0.1) is 0 Å². The zero-order chi connectivity index (χ0) is 11.8. The van der Waals surface area contributed by atoms with E-state index in [0.29, 0.717) is 6.61 Å². The first-order valence-corrected chi connectivity index (χ1v) is 6.13. The molecule has 2 fully saturated rings. The Kier molecular flexibility index (Phi) is 2.23. The summed E-state index contributed by atoms with van der Waals surface area (Å²) in [6.07, 6.45) is 2.17. The zero-order valence-electron chi connectivity index (χ0n) is 7.75. The third-order valence-electron chi connectivity index (χ3n) is 3.09. The SMILES string of the molecule is O=C1C(Cl)(Cl)[C@@H]2C=C[C@](C3CO3)(O2)C1(Cl)Cl. The van der Waals surface area contributed by atoms with Crippen LogP contribution in [0.25, 0.3) is 0 Å². The van der Waals surface area contributed by atoms with Gasteiger partial charge in [0.25, 0.3) is 0 Å². The first-order valence-electron chi connectivity index (χ1n) is 4.62. The number of halogens is 4. The summed E-state index contributed by atoms with van der Waals surface area (Å²) in [6, 6.07) is 0. The molecule has 3 rings (SSSR count). The molecule has 2 bridgehead atoms. The molecule has 3 heterocycles. The Morgan fingerprint density at radius 2 is 1.94 bits per heavy atom. The Labute approximate surface area is 112 Å². The van der Waals surface area contributed by atoms with Crippen LogP contribution in [0.3, 0.4) is 0 Å². The van der Waals surface area contributed by atoms with Gasteiger partial charge in [0.2, 0.25) is 14.4 Å². The fraction of sp³-hybridized carbons (Fsp3) is 0.667. The highest BCUT2D eigenvalue weighted by atomic mass is 35.5. The first kappa shape index (κ1) is 11.6. The third kappa shape index (κ3) is 1.17. The molecule has 0 spiro atoms. The van der Waals surface area contributed by atoms with Gasteiger partial charge in [-0.2, -0.15) is 0 Å². The van der Waals surface area contributed by atoms with E-state index in [0.717, 1.165) is 0 Å². The summed E-state index contributed by atoms with van der Waals surface area (Å²) in [7, 11) is 0. The molecule has 0 aromatic carbocycles. The standard InChI is InChI=1S/C9H6Cl4O3/c10-8(11)4-1-2-7(16-4,5-3-15-5)9(12,13)6(8)14/h1-2,4-5H,3H2/t4-,5?,7+/m0/s1. The van der Waals surface area contributed by atoms with Crippen LogP contribution in [-0.4, -0.2) is 38.9 Å². The number of hydrogen-bond acceptors (Lipinski definition) is 3. The summed E-state index contributed by atoms with van der Waals surface area (Å²) in [5.74, 6) is -0.664. The second-order valence-electron chi connectivity index (χ2n) is 4.04. The van der Waals surface area contributed by atoms with Crippen molar-refractivity contribution >= 4 is 52.2 Å². The van der Waals surface area contributed by atoms with Crippen LogP contribution in [-0.2, 0) is 14.3 Å². The van der Waals surface area contributed by atoms with Crippen LogP contribution in [0.5, 0.6) is 0 Å². The number of fused-ring (bicyclic) bond motifs is 2. The molecule has 0 saturated carbocycles. The lowest BCUT2D eigenvalue weighted by Gasteiger charge is -2.45. The van der Waals surface area contributed by atoms with E-state index >= 15 is 0 Å². The summed E-state index contributed by atoms with van der Waals surface area (Å²) in [4.78, 5) is 12.1. The van der Waals surface area contributed by atoms with Crippen LogP contribution in [0.1, 0.15) is 0 Å². The second kappa shape index (κ2) is 3.08. The predicted molar refractivity (Wildman–Crippen MR) is 60.4 cm³/mol. The molecule has 0 amide bonds. The lowest BCUT2D eigenvalue weighted by Crippen LogP contribution is -2.66. The van der Waals surface area contributed by atoms with Crippen molar-refractivity contribution in [1.82, 2.24) is 0 Å². The highest BCUT2D eigenvalue weighted by Crippen LogP contribution is 2.58. The summed E-state index contributed by atoms with van der Waals surface area (Å²) >= 11 is 24.0. The minimum absolute atomic E-state index is 0.322. The lowest BCUT2D eigenvalue weighted by molar-refractivity contribution is -0.143. The van der Waals surface area contributed by atoms with Crippen LogP contribution >= 0.6 is 46.4 Å². The van der Waals surface area contributed by atoms with E-state index in [1.165, 1.54) is 0 Å². The van der Waals surface area contributed by atoms with Crippen molar-refractivity contribution in [3.63, 3.8) is 0 Å². The number of carbonyl (C=O) groups excluding carboxylic acids is 1. The Morgan fingerprint density at radius 1 is 1.31 bits per heavy atom. The maximum absolute atomic E-state index is 12.1. The van der Waals surface area contributed by atoms with Gasteiger partial charge in [0.1, 0.15) is 12.2 Å². The van der Waals surface area contributed by atoms with Crippen molar-refractivity contribution in [3.05, 3.63) is 12.2 Å². The Balaban J connectivity index is 2.13. The Hall–Kier alpha value is 0.490. The molecule has 0 N–H and O–H groups in total. The van der Waals surface area contributed by atoms with E-state index < -0.39 is 26.2 Å². The molecular formula is C9H6Cl4O3. The fourth-order valence-corrected chi connectivity index (χ4v) is 3.56. The number of ether oxygens (including phenoxy) is 2. The van der Waals surface area contributed by atoms with Gasteiger partial charge in [-0.25, -0.2) is 0 Å². The zero-order valence-corrected chi connectivity index (χ0v) is 10.8. The van der Waals surface area contributed by atoms with Gasteiger partial charge in [0.05, 0.1) is 6.61 Å². The van der Waals surface area contributed by atoms with Gasteiger partial charge >= 0.3 is 0 Å². The quantitative estimate of drug-likeness (QED) is 0.422. The average Bonchev–Trinajstić information content (AvgIpc) is 2.95. The van der Waals surface area contributed by atoms with E-state index in [1.54, 1.807) is 12.2 Å². The van der Waals surface area contributed by atoms with Crippen molar-refractivity contribution in [3.8, 4) is 0 Å². The fourth-order valence-electron chi connectivity index (χ4n) is 2.09. The lowest BCUT2D eigenvalue weighted by atomic mass is 9.90. The molecule has 2 saturated heterocycles. The van der Waals surface area contributed by atoms with Gasteiger partial charge in [0.15, 0.2) is 5.60 Å². The van der Waals surface area contributed by atoms with E-state index in [9.17, 15) is 4.79 Å². The maximum atomic E-state index is 12.1. The summed E-state index contributed by atoms with van der Waals surface area (Å²) in [6.45, 7) is 0.448. The number of rotatable bonds is 1. The highest BCUT2D eigenvalue weighted by molar-refractivity contribution is 6.70. The first-order chi connectivity index (χ1) is 7.32. The molecule has 0 aromatic heterocycles. The largest absolute Gasteiger partial charge is 0.369 e. The van der Waals surface area contributed by atoms with Gasteiger partial charge in [-0.1, -0.05) is 52.5 Å². The van der Waals surface area contributed by atoms with Crippen molar-refractivity contribution in [2.45, 2.75) is 26.5 Å². The van der Waals surface area contributed by atoms with Gasteiger partial charge in [-0.05, 0) is 6.08 Å². The van der Waals surface area contributed by atoms with E-state index in [4.69, 9.17) is 55.9 Å². The molecule has 0 radical (unpaired) electrons. The highest BCUT2D eigenvalue weighted by Gasteiger charge is 2.74. The van der Waals surface area contributed by atoms with E-state index in [-0.39, 0.29) is 6.10 Å². The molecule has 1 unspecified atom stereocenters. The van der Waals surface area contributed by atoms with Crippen molar-refractivity contribution in [2.75, 3.05) is 6.61 Å². The third-order valence-corrected chi connectivity index (χ3v) is 4.80. The molecule has 88 valence electrons. The predicted octanol–water partition coefficient (Wildman–Crippen LogP) is 2.01. The van der Waals surface area contributed by atoms with Crippen LogP contribution < -0.4 is 0 Å². The molecule has 3 aliphatic heterocycles. The number of carbonyl (C=O) groups is 1. The van der Waals surface area contributed by atoms with Crippen LogP contribution in [0.2, 0.25) is 0 Å². The number of hydrogen-bond donors (Lipinski definition) is 0. The number of ketones is 1. The van der Waals surface area contributed by atoms with Gasteiger partial charge < -0.3 is 9.47 Å². The molecular weight excluding hydrogens is 298 g/mol. The summed E-state index contributed by atoms with van der Waals surface area (Å²) in [5.41, 5.74) is -1.16. The molecule has 3 aliphatic rings. The monoisotopic (exact) mass is 302 g/mol. The van der Waals surface area contributed by atoms with Gasteiger partial charge in [0, 0.05) is 0 Å². The van der Waals surface area contributed by atoms with Crippen molar-refractivity contribution in [2.24, 2.45) is 0 Å². The molecule has 0 aromatic rings. The minimum atomic E-state index is -1.83. The molecule has 0 aliphatic carbocycles. The molecule has 3 nitrogen and oxygen atoms in total. The average molecular weight is 304 g/mol. The van der Waals surface area contributed by atoms with Crippen LogP contribution in [0, 0.1) is 0 Å². The Bertz CT molecular complexity index is 402. The summed E-state index contributed by atoms with van der Waals surface area (Å²) < 4.78 is 7.18. The molecule has 16 heavy (non-hydrogen) atoms. The van der Waals surface area contributed by atoms with E-state index in [2.05, 4.69) is 0 Å². The topological polar surface area (TPSA) is 38.8 Å². The van der Waals surface area contributed by atoms with Gasteiger partial charge in [-0.3, -0.25) is 4.79 Å². The van der Waals surface area contributed by atoms with Crippen LogP contribution in [0.4, 0.5) is 0 Å². The molecule has 7 heteroatoms. The molecule has 3 atom stereocenters. The van der Waals surface area contributed by atoms with Crippen LogP contribution in [0.15, 0.2) is 12.2 Å². The normalized spacial score (nSPS) is 47.1. The minimum Gasteiger partial charge on any atom is -0.369 e. The number of alkyl halides is 4. The summed E-state index contributed by atoms with van der Waals surface area (Å²) in [5, 5.41) is 0. The van der Waals surface area contributed by atoms with Crippen molar-refractivity contribution < 1.29 is 14.3 Å². The van der Waals surface area contributed by atoms with Crippen molar-refractivity contribution in [1.29, 1.82) is 0 Å². The maximum Gasteiger partial charge on any atom is 0.213 e. The smallest absolute Gasteiger partial charge is 0.213 e. The van der Waals surface area contributed by atoms with E-state index in [1.807, 2.05) is 0 Å². The second-order valence-corrected chi connectivity index (χ2v) is 6.75. The number of epoxide rings is 1. The Morgan fingerprint density at radius 3 is 2.50 bits per heavy atom.